The fourth-order valence-corrected chi connectivity index (χ4v) is 2.92. The standard InChI is InChI=1S/C10H19NO/c12-6-1-9-7-10(8-9)2-4-11-5-3-10/h9,11-12H,1-8H2. The fraction of sp³-hybridized carbons (Fsp3) is 1.00. The van der Waals surface area contributed by atoms with Crippen LogP contribution in [0.15, 0.2) is 0 Å². The molecule has 1 saturated heterocycles. The summed E-state index contributed by atoms with van der Waals surface area (Å²) in [5, 5.41) is 12.2. The number of aliphatic hydroxyl groups excluding tert-OH is 1. The van der Waals surface area contributed by atoms with Crippen molar-refractivity contribution < 1.29 is 5.11 Å². The fourth-order valence-electron chi connectivity index (χ4n) is 2.92. The first-order valence-corrected chi connectivity index (χ1v) is 5.16. The number of hydrogen-bond acceptors (Lipinski definition) is 2. The van der Waals surface area contributed by atoms with Crippen molar-refractivity contribution in [2.45, 2.75) is 32.1 Å². The first kappa shape index (κ1) is 8.52. The minimum absolute atomic E-state index is 0.388. The Hall–Kier alpha value is -0.0800. The zero-order chi connectivity index (χ0) is 8.44. The van der Waals surface area contributed by atoms with Crippen LogP contribution in [0.3, 0.4) is 0 Å². The van der Waals surface area contributed by atoms with Crippen molar-refractivity contribution in [3.63, 3.8) is 0 Å². The Kier molecular flexibility index (Phi) is 2.37. The lowest BCUT2D eigenvalue weighted by Gasteiger charge is -2.50. The molecule has 2 nitrogen and oxygen atoms in total. The van der Waals surface area contributed by atoms with E-state index in [1.807, 2.05) is 0 Å². The minimum Gasteiger partial charge on any atom is -0.396 e. The average molecular weight is 169 g/mol. The maximum absolute atomic E-state index is 8.78. The van der Waals surface area contributed by atoms with Crippen molar-refractivity contribution in [1.29, 1.82) is 0 Å². The molecule has 0 amide bonds. The van der Waals surface area contributed by atoms with E-state index in [4.69, 9.17) is 5.11 Å². The molecule has 2 heteroatoms. The number of hydrogen-bond donors (Lipinski definition) is 2. The Morgan fingerprint density at radius 2 is 1.92 bits per heavy atom. The highest BCUT2D eigenvalue weighted by molar-refractivity contribution is 4.95. The van der Waals surface area contributed by atoms with Gasteiger partial charge >= 0.3 is 0 Å². The molecule has 1 spiro atoms. The highest BCUT2D eigenvalue weighted by atomic mass is 16.3. The summed E-state index contributed by atoms with van der Waals surface area (Å²) in [5.41, 5.74) is 0.699. The van der Waals surface area contributed by atoms with E-state index in [0.717, 1.165) is 12.3 Å². The number of nitrogens with one attached hydrogen (secondary N) is 1. The van der Waals surface area contributed by atoms with Gasteiger partial charge in [-0.1, -0.05) is 0 Å². The van der Waals surface area contributed by atoms with E-state index in [-0.39, 0.29) is 0 Å². The Morgan fingerprint density at radius 3 is 2.50 bits per heavy atom. The van der Waals surface area contributed by atoms with Gasteiger partial charge in [0, 0.05) is 6.61 Å². The van der Waals surface area contributed by atoms with Gasteiger partial charge < -0.3 is 10.4 Å². The summed E-state index contributed by atoms with van der Waals surface area (Å²) in [7, 11) is 0. The van der Waals surface area contributed by atoms with Gasteiger partial charge in [-0.25, -0.2) is 0 Å². The van der Waals surface area contributed by atoms with E-state index >= 15 is 0 Å². The van der Waals surface area contributed by atoms with Crippen molar-refractivity contribution in [2.75, 3.05) is 19.7 Å². The quantitative estimate of drug-likeness (QED) is 0.650. The Morgan fingerprint density at radius 1 is 1.25 bits per heavy atom. The summed E-state index contributed by atoms with van der Waals surface area (Å²) in [5.74, 6) is 0.841. The molecule has 0 unspecified atom stereocenters. The highest BCUT2D eigenvalue weighted by Crippen LogP contribution is 2.52. The van der Waals surface area contributed by atoms with Crippen molar-refractivity contribution in [3.8, 4) is 0 Å². The summed E-state index contributed by atoms with van der Waals surface area (Å²) in [6.45, 7) is 2.82. The summed E-state index contributed by atoms with van der Waals surface area (Å²) in [6, 6.07) is 0. The summed E-state index contributed by atoms with van der Waals surface area (Å²) >= 11 is 0. The molecule has 12 heavy (non-hydrogen) atoms. The van der Waals surface area contributed by atoms with E-state index in [1.54, 1.807) is 0 Å². The molecule has 2 rings (SSSR count). The van der Waals surface area contributed by atoms with Crippen LogP contribution in [0.2, 0.25) is 0 Å². The van der Waals surface area contributed by atoms with Crippen LogP contribution in [-0.2, 0) is 0 Å². The number of piperidine rings is 1. The maximum Gasteiger partial charge on any atom is 0.0433 e. The first-order chi connectivity index (χ1) is 5.85. The number of rotatable bonds is 2. The zero-order valence-corrected chi connectivity index (χ0v) is 7.68. The zero-order valence-electron chi connectivity index (χ0n) is 7.68. The molecule has 1 aliphatic carbocycles. The van der Waals surface area contributed by atoms with Gasteiger partial charge in [0.2, 0.25) is 0 Å². The SMILES string of the molecule is OCCC1CC2(CCNCC2)C1. The van der Waals surface area contributed by atoms with Gasteiger partial charge in [0.15, 0.2) is 0 Å². The van der Waals surface area contributed by atoms with Gasteiger partial charge in [-0.3, -0.25) is 0 Å². The first-order valence-electron chi connectivity index (χ1n) is 5.16. The van der Waals surface area contributed by atoms with Gasteiger partial charge in [-0.15, -0.1) is 0 Å². The van der Waals surface area contributed by atoms with Gasteiger partial charge in [0.25, 0.3) is 0 Å². The largest absolute Gasteiger partial charge is 0.396 e. The van der Waals surface area contributed by atoms with Gasteiger partial charge in [-0.2, -0.15) is 0 Å². The molecule has 0 bridgehead atoms. The van der Waals surface area contributed by atoms with Gasteiger partial charge in [0.1, 0.15) is 0 Å². The second-order valence-corrected chi connectivity index (χ2v) is 4.54. The Balaban J connectivity index is 1.77. The highest BCUT2D eigenvalue weighted by Gasteiger charge is 2.43. The van der Waals surface area contributed by atoms with Crippen LogP contribution >= 0.6 is 0 Å². The van der Waals surface area contributed by atoms with Crippen LogP contribution in [0.25, 0.3) is 0 Å². The van der Waals surface area contributed by atoms with Crippen LogP contribution in [0.1, 0.15) is 32.1 Å². The predicted octanol–water partition coefficient (Wildman–Crippen LogP) is 1.15. The van der Waals surface area contributed by atoms with E-state index in [9.17, 15) is 0 Å². The molecular weight excluding hydrogens is 150 g/mol. The van der Waals surface area contributed by atoms with Crippen LogP contribution in [0, 0.1) is 11.3 Å². The lowest BCUT2D eigenvalue weighted by molar-refractivity contribution is 0.00964. The van der Waals surface area contributed by atoms with Gasteiger partial charge in [-0.05, 0) is 56.5 Å². The second kappa shape index (κ2) is 3.35. The lowest BCUT2D eigenvalue weighted by atomic mass is 9.57. The number of aliphatic hydroxyl groups is 1. The Labute approximate surface area is 74.4 Å². The van der Waals surface area contributed by atoms with Crippen LogP contribution < -0.4 is 5.32 Å². The van der Waals surface area contributed by atoms with E-state index in [2.05, 4.69) is 5.32 Å². The third-order valence-corrected chi connectivity index (χ3v) is 3.64. The van der Waals surface area contributed by atoms with Crippen molar-refractivity contribution in [2.24, 2.45) is 11.3 Å². The molecule has 1 aliphatic heterocycles. The minimum atomic E-state index is 0.388. The van der Waals surface area contributed by atoms with Crippen LogP contribution in [0.4, 0.5) is 0 Å². The van der Waals surface area contributed by atoms with Crippen molar-refractivity contribution in [1.82, 2.24) is 5.32 Å². The third-order valence-electron chi connectivity index (χ3n) is 3.64. The summed E-state index contributed by atoms with van der Waals surface area (Å²) < 4.78 is 0. The molecule has 2 fully saturated rings. The summed E-state index contributed by atoms with van der Waals surface area (Å²) in [6.07, 6.45) is 6.55. The molecule has 70 valence electrons. The predicted molar refractivity (Wildman–Crippen MR) is 49.0 cm³/mol. The molecule has 1 saturated carbocycles. The van der Waals surface area contributed by atoms with E-state index in [0.29, 0.717) is 12.0 Å². The molecule has 0 atom stereocenters. The molecule has 0 radical (unpaired) electrons. The van der Waals surface area contributed by atoms with Crippen LogP contribution in [0.5, 0.6) is 0 Å². The molecule has 2 N–H and O–H groups in total. The Bertz CT molecular complexity index is 144. The monoisotopic (exact) mass is 169 g/mol. The van der Waals surface area contributed by atoms with Crippen molar-refractivity contribution in [3.05, 3.63) is 0 Å². The van der Waals surface area contributed by atoms with Gasteiger partial charge in [0.05, 0.1) is 0 Å². The molecule has 0 aromatic carbocycles. The van der Waals surface area contributed by atoms with E-state index in [1.165, 1.54) is 38.8 Å². The lowest BCUT2D eigenvalue weighted by Crippen LogP contribution is -2.45. The van der Waals surface area contributed by atoms with Crippen molar-refractivity contribution >= 4 is 0 Å². The molecule has 1 heterocycles. The second-order valence-electron chi connectivity index (χ2n) is 4.54. The topological polar surface area (TPSA) is 32.3 Å². The molecule has 2 aliphatic rings. The normalized spacial score (nSPS) is 28.8. The van der Waals surface area contributed by atoms with E-state index < -0.39 is 0 Å². The van der Waals surface area contributed by atoms with Crippen LogP contribution in [-0.4, -0.2) is 24.8 Å². The summed E-state index contributed by atoms with van der Waals surface area (Å²) in [4.78, 5) is 0. The third kappa shape index (κ3) is 1.50. The molecular formula is C10H19NO. The molecule has 0 aromatic heterocycles. The smallest absolute Gasteiger partial charge is 0.0433 e. The maximum atomic E-state index is 8.78. The average Bonchev–Trinajstić information content (AvgIpc) is 2.04. The molecule has 0 aromatic rings.